The Morgan fingerprint density at radius 3 is 2.65 bits per heavy atom. The van der Waals surface area contributed by atoms with Crippen LogP contribution in [-0.4, -0.2) is 23.0 Å². The summed E-state index contributed by atoms with van der Waals surface area (Å²) in [6.45, 7) is 2.47. The van der Waals surface area contributed by atoms with Crippen LogP contribution in [0.4, 0.5) is 0 Å². The van der Waals surface area contributed by atoms with Gasteiger partial charge in [0.05, 0.1) is 5.56 Å². The van der Waals surface area contributed by atoms with E-state index in [4.69, 9.17) is 28.6 Å². The van der Waals surface area contributed by atoms with Gasteiger partial charge in [0.2, 0.25) is 0 Å². The molecule has 2 aromatic carbocycles. The van der Waals surface area contributed by atoms with E-state index in [1.54, 1.807) is 0 Å². The Morgan fingerprint density at radius 1 is 1.17 bits per heavy atom. The van der Waals surface area contributed by atoms with Crippen LogP contribution in [0.15, 0.2) is 46.9 Å². The molecule has 0 saturated carbocycles. The third kappa shape index (κ3) is 4.06. The van der Waals surface area contributed by atoms with Crippen LogP contribution >= 0.6 is 39.7 Å². The van der Waals surface area contributed by atoms with E-state index >= 15 is 0 Å². The van der Waals surface area contributed by atoms with Crippen LogP contribution in [0.25, 0.3) is 0 Å². The Bertz CT molecular complexity index is 716. The van der Waals surface area contributed by atoms with Gasteiger partial charge in [-0.25, -0.2) is 0 Å². The minimum absolute atomic E-state index is 0.427. The summed E-state index contributed by atoms with van der Waals surface area (Å²) in [5, 5.41) is 0.716. The Morgan fingerprint density at radius 2 is 1.91 bits per heavy atom. The van der Waals surface area contributed by atoms with E-state index in [0.717, 1.165) is 39.4 Å². The molecule has 5 heteroatoms. The van der Waals surface area contributed by atoms with Crippen molar-refractivity contribution in [3.05, 3.63) is 63.1 Å². The van der Waals surface area contributed by atoms with Crippen LogP contribution < -0.4 is 4.74 Å². The lowest BCUT2D eigenvalue weighted by atomic mass is 10.2. The number of hydrogen-bond donors (Lipinski definition) is 0. The summed E-state index contributed by atoms with van der Waals surface area (Å²) < 4.78 is 7.02. The summed E-state index contributed by atoms with van der Waals surface area (Å²) in [5.74, 6) is 0.796. The van der Waals surface area contributed by atoms with Gasteiger partial charge < -0.3 is 9.64 Å². The number of benzene rings is 2. The third-order valence-corrected chi connectivity index (χ3v) is 5.25. The minimum atomic E-state index is 0.427. The van der Waals surface area contributed by atoms with Crippen LogP contribution in [0.2, 0.25) is 5.02 Å². The lowest BCUT2D eigenvalue weighted by Gasteiger charge is -2.21. The molecule has 0 unspecified atom stereocenters. The Balaban J connectivity index is 1.81. The maximum atomic E-state index is 6.20. The van der Waals surface area contributed by atoms with E-state index in [-0.39, 0.29) is 0 Å². The normalized spacial score (nSPS) is 14.1. The van der Waals surface area contributed by atoms with Crippen LogP contribution in [0.1, 0.15) is 24.0 Å². The Labute approximate surface area is 155 Å². The summed E-state index contributed by atoms with van der Waals surface area (Å²) in [6.07, 6.45) is 2.40. The zero-order valence-corrected chi connectivity index (χ0v) is 15.8. The predicted octanol–water partition coefficient (Wildman–Crippen LogP) is 5.45. The molecule has 0 atom stereocenters. The molecule has 1 heterocycles. The van der Waals surface area contributed by atoms with Crippen molar-refractivity contribution in [2.24, 2.45) is 0 Å². The molecule has 120 valence electrons. The van der Waals surface area contributed by atoms with Gasteiger partial charge in [-0.15, -0.1) is 0 Å². The SMILES string of the molecule is S=C(c1cc(Br)ccc1OCc1ccccc1Cl)N1CCCC1. The van der Waals surface area contributed by atoms with Gasteiger partial charge in [-0.3, -0.25) is 0 Å². The Hall–Kier alpha value is -1.10. The molecule has 23 heavy (non-hydrogen) atoms. The average Bonchev–Trinajstić information content (AvgIpc) is 3.09. The summed E-state index contributed by atoms with van der Waals surface area (Å²) >= 11 is 15.4. The smallest absolute Gasteiger partial charge is 0.130 e. The first kappa shape index (κ1) is 16.7. The van der Waals surface area contributed by atoms with E-state index in [1.807, 2.05) is 42.5 Å². The predicted molar refractivity (Wildman–Crippen MR) is 102 cm³/mol. The fraction of sp³-hybridized carbons (Fsp3) is 0.278. The molecule has 1 aliphatic heterocycles. The number of halogens is 2. The molecule has 2 aromatic rings. The average molecular weight is 411 g/mol. The molecule has 3 rings (SSSR count). The highest BCUT2D eigenvalue weighted by Gasteiger charge is 2.19. The fourth-order valence-corrected chi connectivity index (χ4v) is 3.55. The molecule has 0 aliphatic carbocycles. The van der Waals surface area contributed by atoms with Crippen molar-refractivity contribution in [3.63, 3.8) is 0 Å². The molecular formula is C18H17BrClNOS. The lowest BCUT2D eigenvalue weighted by Crippen LogP contribution is -2.27. The largest absolute Gasteiger partial charge is 0.488 e. The first-order valence-corrected chi connectivity index (χ1v) is 9.18. The van der Waals surface area contributed by atoms with Crippen molar-refractivity contribution in [3.8, 4) is 5.75 Å². The molecule has 1 aliphatic rings. The van der Waals surface area contributed by atoms with Gasteiger partial charge in [0.15, 0.2) is 0 Å². The second-order valence-electron chi connectivity index (χ2n) is 5.52. The number of nitrogens with zero attached hydrogens (tertiary/aromatic N) is 1. The van der Waals surface area contributed by atoms with Crippen molar-refractivity contribution in [1.82, 2.24) is 4.90 Å². The number of hydrogen-bond acceptors (Lipinski definition) is 2. The lowest BCUT2D eigenvalue weighted by molar-refractivity contribution is 0.305. The summed E-state index contributed by atoms with van der Waals surface area (Å²) in [5.41, 5.74) is 1.93. The standard InChI is InChI=1S/C18H17BrClNOS/c19-14-7-8-17(22-12-13-5-1-2-6-16(13)20)15(11-14)18(23)21-9-3-4-10-21/h1-2,5-8,11H,3-4,9-10,12H2. The van der Waals surface area contributed by atoms with Crippen LogP contribution in [0, 0.1) is 0 Å². The summed E-state index contributed by atoms with van der Waals surface area (Å²) in [4.78, 5) is 3.11. The van der Waals surface area contributed by atoms with Crippen molar-refractivity contribution in [1.29, 1.82) is 0 Å². The van der Waals surface area contributed by atoms with Crippen molar-refractivity contribution in [2.75, 3.05) is 13.1 Å². The van der Waals surface area contributed by atoms with Crippen molar-refractivity contribution in [2.45, 2.75) is 19.4 Å². The first-order chi connectivity index (χ1) is 11.1. The minimum Gasteiger partial charge on any atom is -0.488 e. The zero-order valence-electron chi connectivity index (χ0n) is 12.6. The summed E-state index contributed by atoms with van der Waals surface area (Å²) in [6, 6.07) is 13.7. The zero-order chi connectivity index (χ0) is 16.2. The quantitative estimate of drug-likeness (QED) is 0.622. The maximum absolute atomic E-state index is 6.20. The highest BCUT2D eigenvalue weighted by Crippen LogP contribution is 2.28. The second kappa shape index (κ2) is 7.65. The molecule has 0 bridgehead atoms. The number of ether oxygens (including phenoxy) is 1. The molecule has 0 aromatic heterocycles. The van der Waals surface area contributed by atoms with Gasteiger partial charge in [-0.2, -0.15) is 0 Å². The van der Waals surface area contributed by atoms with E-state index in [9.17, 15) is 0 Å². The summed E-state index contributed by atoms with van der Waals surface area (Å²) in [7, 11) is 0. The maximum Gasteiger partial charge on any atom is 0.130 e. The number of rotatable bonds is 4. The highest BCUT2D eigenvalue weighted by atomic mass is 79.9. The number of likely N-dealkylation sites (tertiary alicyclic amines) is 1. The van der Waals surface area contributed by atoms with E-state index in [2.05, 4.69) is 20.8 Å². The highest BCUT2D eigenvalue weighted by molar-refractivity contribution is 9.10. The third-order valence-electron chi connectivity index (χ3n) is 3.91. The van der Waals surface area contributed by atoms with Gasteiger partial charge in [0.1, 0.15) is 17.3 Å². The fourth-order valence-electron chi connectivity index (χ4n) is 2.66. The second-order valence-corrected chi connectivity index (χ2v) is 7.23. The topological polar surface area (TPSA) is 12.5 Å². The van der Waals surface area contributed by atoms with Crippen molar-refractivity contribution < 1.29 is 4.74 Å². The van der Waals surface area contributed by atoms with Crippen molar-refractivity contribution >= 4 is 44.7 Å². The molecule has 0 amide bonds. The van der Waals surface area contributed by atoms with Crippen LogP contribution in [0.3, 0.4) is 0 Å². The van der Waals surface area contributed by atoms with Gasteiger partial charge >= 0.3 is 0 Å². The molecular weight excluding hydrogens is 394 g/mol. The molecule has 1 saturated heterocycles. The first-order valence-electron chi connectivity index (χ1n) is 7.60. The molecule has 1 fully saturated rings. The molecule has 0 N–H and O–H groups in total. The molecule has 2 nitrogen and oxygen atoms in total. The van der Waals surface area contributed by atoms with E-state index in [1.165, 1.54) is 12.8 Å². The monoisotopic (exact) mass is 409 g/mol. The molecule has 0 spiro atoms. The number of thiocarbonyl (C=S) groups is 1. The van der Waals surface area contributed by atoms with Gasteiger partial charge in [0.25, 0.3) is 0 Å². The van der Waals surface area contributed by atoms with E-state index in [0.29, 0.717) is 11.6 Å². The van der Waals surface area contributed by atoms with Crippen LogP contribution in [-0.2, 0) is 6.61 Å². The van der Waals surface area contributed by atoms with E-state index < -0.39 is 0 Å². The van der Waals surface area contributed by atoms with Gasteiger partial charge in [-0.05, 0) is 37.1 Å². The molecule has 0 radical (unpaired) electrons. The Kier molecular flexibility index (Phi) is 5.57. The van der Waals surface area contributed by atoms with Crippen LogP contribution in [0.5, 0.6) is 5.75 Å². The van der Waals surface area contributed by atoms with Gasteiger partial charge in [0, 0.05) is 28.1 Å². The van der Waals surface area contributed by atoms with Gasteiger partial charge in [-0.1, -0.05) is 57.9 Å².